The Bertz CT molecular complexity index is 1280. The van der Waals surface area contributed by atoms with Crippen molar-refractivity contribution in [1.29, 1.82) is 0 Å². The highest BCUT2D eigenvalue weighted by Gasteiger charge is 2.32. The third-order valence-electron chi connectivity index (χ3n) is 11.4. The summed E-state index contributed by atoms with van der Waals surface area (Å²) in [6, 6.07) is 0.965. The standard InChI is InChI=1S/C12H23NO3.C10H21NO.C9H17NO3.C9H19NO.C8H17NO3.5CH4/c1-12(2,3)16-11(15)13-8-9-6-4-5-7-10(9)14;1-8-5-4-6-9(7-12)10(8)11(2)3;1-9(2,3)13-8(12)10-5-4-7(11)6-10;1-7-5-4-6-8(11)9(7)10(2)3;1-8(2,3)12-7(11)9-5-4-6-10;;;;;/h9-10,14H,4-8H2,1-3H3,(H,13,15);8-10,12H,4-7H2,1-3H3;7,11H,4-6H2,1-3H3;7-9,11H,4-6H2,1-3H3;10H,4-6H2,1-3H3,(H,9,11);5*1H4/p-1/t9-,10-;8?,9-,10+;7-;7?,8-,9-;;;;;;/m1110....../s1. The van der Waals surface area contributed by atoms with Crippen molar-refractivity contribution in [3.63, 3.8) is 0 Å². The van der Waals surface area contributed by atoms with E-state index in [1.165, 1.54) is 37.0 Å². The van der Waals surface area contributed by atoms with Crippen molar-refractivity contribution in [3.05, 3.63) is 0 Å². The first-order valence-corrected chi connectivity index (χ1v) is 24.0. The second-order valence-electron chi connectivity index (χ2n) is 21.5. The summed E-state index contributed by atoms with van der Waals surface area (Å²) in [6.45, 7) is 23.1. The highest BCUT2D eigenvalue weighted by molar-refractivity contribution is 5.68. The Kier molecular flexibility index (Phi) is 44.2. The largest absolute Gasteiger partial charge is 0.595 e. The van der Waals surface area contributed by atoms with Crippen molar-refractivity contribution in [1.82, 2.24) is 20.0 Å². The van der Waals surface area contributed by atoms with E-state index < -0.39 is 29.0 Å². The van der Waals surface area contributed by atoms with Crippen LogP contribution >= 0.6 is 0 Å². The fraction of sp³-hybridized carbons (Fsp3) is 0.943. The molecule has 2 amide bonds. The van der Waals surface area contributed by atoms with Crippen LogP contribution in [0.3, 0.4) is 0 Å². The molecule has 420 valence electrons. The smallest absolute Gasteiger partial charge is 0.410 e. The van der Waals surface area contributed by atoms with Crippen molar-refractivity contribution in [3.8, 4) is 0 Å². The Morgan fingerprint density at radius 3 is 1.51 bits per heavy atom. The molecule has 4 rings (SSSR count). The van der Waals surface area contributed by atoms with Gasteiger partial charge in [-0.25, -0.2) is 9.59 Å². The molecule has 3 saturated carbocycles. The number of rotatable bonds is 8. The topological polar surface area (TPSA) is 220 Å². The van der Waals surface area contributed by atoms with E-state index in [9.17, 15) is 35.1 Å². The quantitative estimate of drug-likeness (QED) is 0.0764. The van der Waals surface area contributed by atoms with Crippen LogP contribution in [0.15, 0.2) is 4.99 Å². The summed E-state index contributed by atoms with van der Waals surface area (Å²) in [5.41, 5.74) is -1.40. The molecular formula is C53H116N5O11-. The molecule has 3 aliphatic carbocycles. The molecule has 4 aliphatic rings. The number of nitrogens with zero attached hydrogens (tertiary/aromatic N) is 4. The first-order chi connectivity index (χ1) is 29.5. The molecule has 16 nitrogen and oxygen atoms in total. The molecule has 0 spiro atoms. The van der Waals surface area contributed by atoms with E-state index >= 15 is 0 Å². The molecule has 1 heterocycles. The lowest BCUT2D eigenvalue weighted by atomic mass is 9.77. The normalized spacial score (nSPS) is 25.6. The molecule has 0 aromatic heterocycles. The minimum absolute atomic E-state index is 0. The summed E-state index contributed by atoms with van der Waals surface area (Å²) in [5.74, 6) is 2.02. The molecule has 1 saturated heterocycles. The number of nitrogens with one attached hydrogen (secondary N) is 1. The van der Waals surface area contributed by atoms with Crippen LogP contribution < -0.4 is 10.4 Å². The van der Waals surface area contributed by atoms with Crippen LogP contribution in [0.5, 0.6) is 0 Å². The molecular weight excluding hydrogens is 883 g/mol. The molecule has 0 aromatic carbocycles. The van der Waals surface area contributed by atoms with Crippen molar-refractivity contribution in [2.24, 2.45) is 28.7 Å². The Hall–Kier alpha value is -2.47. The second kappa shape index (κ2) is 39.1. The number of alkyl carbamates (subject to hydrolysis) is 1. The van der Waals surface area contributed by atoms with Crippen molar-refractivity contribution < 1.29 is 54.4 Å². The Balaban J connectivity index is -0.000000178. The van der Waals surface area contributed by atoms with Gasteiger partial charge in [0.1, 0.15) is 17.3 Å². The SMILES string of the molecule is C.C.C.C.C.CC(C)(C)OC(=O)N1CC[C@@H](O)C1.CC(C)(C)OC(=O)NCCCO.CC(C)(C)OC([O-])=NC[C@H]1CCCC[C@H]1O.CC1CCC[C@H](CO)[C@H]1N(C)C.CC1CCC[C@H](O)[C@H]1N(C)C. The molecule has 1 aliphatic heterocycles. The maximum Gasteiger partial charge on any atom is 0.410 e. The monoisotopic (exact) mass is 999 g/mol. The number of carbonyl (C=O) groups is 2. The summed E-state index contributed by atoms with van der Waals surface area (Å²) in [7, 11) is 8.34. The van der Waals surface area contributed by atoms with Gasteiger partial charge in [0, 0.05) is 63.0 Å². The van der Waals surface area contributed by atoms with Crippen molar-refractivity contribution >= 4 is 18.3 Å². The van der Waals surface area contributed by atoms with Crippen LogP contribution in [0.4, 0.5) is 9.59 Å². The number of aliphatic hydroxyl groups excluding tert-OH is 5. The summed E-state index contributed by atoms with van der Waals surface area (Å²) < 4.78 is 15.2. The van der Waals surface area contributed by atoms with Crippen LogP contribution in [-0.2, 0) is 14.2 Å². The van der Waals surface area contributed by atoms with Gasteiger partial charge in [-0.05, 0) is 139 Å². The van der Waals surface area contributed by atoms with Gasteiger partial charge in [0.15, 0.2) is 0 Å². The summed E-state index contributed by atoms with van der Waals surface area (Å²) in [4.78, 5) is 32.1. The van der Waals surface area contributed by atoms with E-state index in [-0.39, 0.29) is 74.1 Å². The zero-order chi connectivity index (χ0) is 49.4. The van der Waals surface area contributed by atoms with E-state index in [4.69, 9.17) is 19.3 Å². The zero-order valence-corrected chi connectivity index (χ0v) is 42.9. The van der Waals surface area contributed by atoms with Crippen LogP contribution in [-0.4, -0.2) is 173 Å². The summed E-state index contributed by atoms with van der Waals surface area (Å²) in [5, 5.41) is 60.0. The number of aliphatic imine (C=N–C) groups is 1. The number of carbonyl (C=O) groups excluding carboxylic acids is 2. The molecule has 16 heteroatoms. The lowest BCUT2D eigenvalue weighted by molar-refractivity contribution is -0.260. The van der Waals surface area contributed by atoms with Gasteiger partial charge in [-0.2, -0.15) is 0 Å². The average molecular weight is 1000 g/mol. The van der Waals surface area contributed by atoms with E-state index in [2.05, 4.69) is 62.1 Å². The maximum absolute atomic E-state index is 11.4. The molecule has 6 N–H and O–H groups in total. The molecule has 4 fully saturated rings. The highest BCUT2D eigenvalue weighted by atomic mass is 16.6. The lowest BCUT2D eigenvalue weighted by Crippen LogP contribution is -2.46. The van der Waals surface area contributed by atoms with Crippen LogP contribution in [0.1, 0.15) is 190 Å². The number of β-amino-alcohol motifs (C(OH)–C–C–N with tert-alkyl or cyclic N) is 1. The second-order valence-corrected chi connectivity index (χ2v) is 21.5. The van der Waals surface area contributed by atoms with Gasteiger partial charge >= 0.3 is 12.2 Å². The van der Waals surface area contributed by atoms with Crippen LogP contribution in [0, 0.1) is 23.7 Å². The van der Waals surface area contributed by atoms with Gasteiger partial charge in [-0.3, -0.25) is 4.99 Å². The number of hydrogen-bond acceptors (Lipinski definition) is 14. The molecule has 69 heavy (non-hydrogen) atoms. The van der Waals surface area contributed by atoms with Crippen LogP contribution in [0.2, 0.25) is 0 Å². The fourth-order valence-corrected chi connectivity index (χ4v) is 8.57. The molecule has 0 aromatic rings. The Morgan fingerprint density at radius 1 is 0.652 bits per heavy atom. The van der Waals surface area contributed by atoms with Gasteiger partial charge in [0.05, 0.1) is 18.3 Å². The third kappa shape index (κ3) is 37.0. The van der Waals surface area contributed by atoms with Gasteiger partial charge in [-0.15, -0.1) is 0 Å². The third-order valence-corrected chi connectivity index (χ3v) is 11.4. The zero-order valence-electron chi connectivity index (χ0n) is 42.9. The van der Waals surface area contributed by atoms with E-state index in [0.29, 0.717) is 69.5 Å². The first kappa shape index (κ1) is 78.0. The summed E-state index contributed by atoms with van der Waals surface area (Å²) >= 11 is 0. The molecule has 9 atom stereocenters. The molecule has 0 radical (unpaired) electrons. The van der Waals surface area contributed by atoms with Gasteiger partial charge in [0.2, 0.25) is 0 Å². The van der Waals surface area contributed by atoms with Gasteiger partial charge < -0.3 is 64.9 Å². The average Bonchev–Trinajstić information content (AvgIpc) is 3.59. The lowest BCUT2D eigenvalue weighted by Gasteiger charge is -2.39. The van der Waals surface area contributed by atoms with Crippen molar-refractivity contribution in [2.75, 3.05) is 67.6 Å². The van der Waals surface area contributed by atoms with Gasteiger partial charge in [0.25, 0.3) is 0 Å². The first-order valence-electron chi connectivity index (χ1n) is 24.0. The Morgan fingerprint density at radius 2 is 1.12 bits per heavy atom. The minimum atomic E-state index is -0.523. The van der Waals surface area contributed by atoms with E-state index in [0.717, 1.165) is 38.0 Å². The van der Waals surface area contributed by atoms with E-state index in [1.807, 2.05) is 41.5 Å². The molecule has 0 bridgehead atoms. The predicted molar refractivity (Wildman–Crippen MR) is 287 cm³/mol. The van der Waals surface area contributed by atoms with Gasteiger partial charge in [-0.1, -0.05) is 97.4 Å². The number of likely N-dealkylation sites (N-methyl/N-ethyl adjacent to an activating group) is 1. The maximum atomic E-state index is 11.4. The van der Waals surface area contributed by atoms with Crippen LogP contribution in [0.25, 0.3) is 0 Å². The number of aliphatic hydroxyl groups is 5. The number of likely N-dealkylation sites (tertiary alicyclic amines) is 1. The minimum Gasteiger partial charge on any atom is -0.595 e. The predicted octanol–water partition coefficient (Wildman–Crippen LogP) is 8.57. The number of hydrogen-bond donors (Lipinski definition) is 6. The number of amides is 2. The van der Waals surface area contributed by atoms with Crippen molar-refractivity contribution in [2.45, 2.75) is 238 Å². The number of ether oxygens (including phenoxy) is 3. The van der Waals surface area contributed by atoms with E-state index in [1.54, 1.807) is 20.8 Å². The fourth-order valence-electron chi connectivity index (χ4n) is 8.57. The highest BCUT2D eigenvalue weighted by Crippen LogP contribution is 2.31. The molecule has 2 unspecified atom stereocenters. The Labute approximate surface area is 425 Å². The summed E-state index contributed by atoms with van der Waals surface area (Å²) in [6.07, 6.45) is 10.3.